The minimum absolute atomic E-state index is 1.14. The first-order chi connectivity index (χ1) is 6.87. The molecular formula is C11H28N2OSi. The SMILES string of the molecule is CO[Si](C)(C)CCCN(C)CCN(C)C. The smallest absolute Gasteiger partial charge is 0.186 e. The fraction of sp³-hybridized carbons (Fsp3) is 1.00. The number of hydrogen-bond acceptors (Lipinski definition) is 3. The van der Waals surface area contributed by atoms with E-state index < -0.39 is 8.32 Å². The Hall–Kier alpha value is 0.0969. The lowest BCUT2D eigenvalue weighted by molar-refractivity contribution is 0.280. The van der Waals surface area contributed by atoms with Crippen LogP contribution in [-0.4, -0.2) is 66.0 Å². The van der Waals surface area contributed by atoms with Crippen molar-refractivity contribution < 1.29 is 4.43 Å². The zero-order valence-corrected chi connectivity index (χ0v) is 12.3. The lowest BCUT2D eigenvalue weighted by Gasteiger charge is -2.23. The first kappa shape index (κ1) is 15.1. The van der Waals surface area contributed by atoms with E-state index in [2.05, 4.69) is 44.0 Å². The van der Waals surface area contributed by atoms with Crippen molar-refractivity contribution in [2.24, 2.45) is 0 Å². The van der Waals surface area contributed by atoms with Gasteiger partial charge >= 0.3 is 0 Å². The highest BCUT2D eigenvalue weighted by Gasteiger charge is 2.19. The number of nitrogens with zero attached hydrogens (tertiary/aromatic N) is 2. The molecule has 3 nitrogen and oxygen atoms in total. The Balaban J connectivity index is 3.50. The quantitative estimate of drug-likeness (QED) is 0.593. The first-order valence-electron chi connectivity index (χ1n) is 5.76. The largest absolute Gasteiger partial charge is 0.420 e. The van der Waals surface area contributed by atoms with Crippen LogP contribution in [0.3, 0.4) is 0 Å². The van der Waals surface area contributed by atoms with Gasteiger partial charge in [-0.15, -0.1) is 0 Å². The van der Waals surface area contributed by atoms with E-state index in [0.717, 1.165) is 13.1 Å². The van der Waals surface area contributed by atoms with Crippen molar-refractivity contribution in [2.75, 3.05) is 47.9 Å². The maximum Gasteiger partial charge on any atom is 0.186 e. The molecule has 4 heteroatoms. The van der Waals surface area contributed by atoms with Crippen molar-refractivity contribution in [2.45, 2.75) is 25.6 Å². The van der Waals surface area contributed by atoms with E-state index in [-0.39, 0.29) is 0 Å². The standard InChI is InChI=1S/C11H28N2OSi/c1-12(2)9-10-13(3)8-7-11-15(5,6)14-4/h7-11H2,1-6H3. The minimum Gasteiger partial charge on any atom is -0.420 e. The normalized spacial score (nSPS) is 12.8. The number of likely N-dealkylation sites (N-methyl/N-ethyl adjacent to an activating group) is 2. The van der Waals surface area contributed by atoms with Crippen molar-refractivity contribution in [1.29, 1.82) is 0 Å². The summed E-state index contributed by atoms with van der Waals surface area (Å²) in [5, 5.41) is 0. The summed E-state index contributed by atoms with van der Waals surface area (Å²) >= 11 is 0. The third-order valence-electron chi connectivity index (χ3n) is 2.80. The molecule has 0 heterocycles. The highest BCUT2D eigenvalue weighted by Crippen LogP contribution is 2.12. The minimum atomic E-state index is -1.33. The first-order valence-corrected chi connectivity index (χ1v) is 8.87. The molecule has 0 amide bonds. The third kappa shape index (κ3) is 9.05. The molecule has 0 N–H and O–H groups in total. The van der Waals surface area contributed by atoms with Crippen LogP contribution in [-0.2, 0) is 4.43 Å². The van der Waals surface area contributed by atoms with Gasteiger partial charge in [0, 0.05) is 20.2 Å². The van der Waals surface area contributed by atoms with Crippen molar-refractivity contribution in [3.8, 4) is 0 Å². The average molecular weight is 232 g/mol. The molecule has 0 rings (SSSR count). The monoisotopic (exact) mass is 232 g/mol. The molecule has 0 atom stereocenters. The lowest BCUT2D eigenvalue weighted by atomic mass is 10.4. The molecule has 0 aromatic rings. The Morgan fingerprint density at radius 2 is 1.60 bits per heavy atom. The second kappa shape index (κ2) is 7.38. The summed E-state index contributed by atoms with van der Waals surface area (Å²) in [6.07, 6.45) is 1.26. The van der Waals surface area contributed by atoms with Gasteiger partial charge < -0.3 is 14.2 Å². The number of hydrogen-bond donors (Lipinski definition) is 0. The van der Waals surface area contributed by atoms with Gasteiger partial charge in [0.2, 0.25) is 0 Å². The van der Waals surface area contributed by atoms with Crippen LogP contribution in [0.4, 0.5) is 0 Å². The molecule has 0 saturated carbocycles. The molecule has 0 aliphatic carbocycles. The summed E-state index contributed by atoms with van der Waals surface area (Å²) in [6, 6.07) is 1.26. The van der Waals surface area contributed by atoms with Gasteiger partial charge in [-0.1, -0.05) is 0 Å². The van der Waals surface area contributed by atoms with E-state index in [9.17, 15) is 0 Å². The van der Waals surface area contributed by atoms with Crippen LogP contribution in [0.15, 0.2) is 0 Å². The van der Waals surface area contributed by atoms with Crippen molar-refractivity contribution >= 4 is 8.32 Å². The predicted octanol–water partition coefficient (Wildman–Crippen LogP) is 1.72. The Morgan fingerprint density at radius 3 is 2.07 bits per heavy atom. The molecule has 0 bridgehead atoms. The summed E-state index contributed by atoms with van der Waals surface area (Å²) < 4.78 is 5.53. The molecule has 0 aliphatic rings. The predicted molar refractivity (Wildman–Crippen MR) is 70.0 cm³/mol. The van der Waals surface area contributed by atoms with Crippen molar-refractivity contribution in [3.63, 3.8) is 0 Å². The Bertz CT molecular complexity index is 163. The lowest BCUT2D eigenvalue weighted by Crippen LogP contribution is -2.32. The second-order valence-corrected chi connectivity index (χ2v) is 9.60. The van der Waals surface area contributed by atoms with Gasteiger partial charge in [-0.05, 0) is 53.2 Å². The Morgan fingerprint density at radius 1 is 1.00 bits per heavy atom. The van der Waals surface area contributed by atoms with E-state index >= 15 is 0 Å². The molecule has 92 valence electrons. The van der Waals surface area contributed by atoms with Crippen LogP contribution in [0, 0.1) is 0 Å². The molecule has 0 aliphatic heterocycles. The van der Waals surface area contributed by atoms with E-state index in [1.807, 2.05) is 7.11 Å². The van der Waals surface area contributed by atoms with Gasteiger partial charge in [-0.25, -0.2) is 0 Å². The van der Waals surface area contributed by atoms with Gasteiger partial charge in [0.15, 0.2) is 8.32 Å². The van der Waals surface area contributed by atoms with Gasteiger partial charge in [0.25, 0.3) is 0 Å². The van der Waals surface area contributed by atoms with Crippen molar-refractivity contribution in [3.05, 3.63) is 0 Å². The van der Waals surface area contributed by atoms with E-state index in [1.54, 1.807) is 0 Å². The van der Waals surface area contributed by atoms with E-state index in [1.165, 1.54) is 19.0 Å². The van der Waals surface area contributed by atoms with Crippen LogP contribution in [0.5, 0.6) is 0 Å². The van der Waals surface area contributed by atoms with Gasteiger partial charge in [-0.3, -0.25) is 0 Å². The summed E-state index contributed by atoms with van der Waals surface area (Å²) in [7, 11) is 6.96. The topological polar surface area (TPSA) is 15.7 Å². The molecule has 0 saturated heterocycles. The molecule has 0 aromatic carbocycles. The maximum atomic E-state index is 5.53. The molecule has 0 unspecified atom stereocenters. The molecule has 0 aromatic heterocycles. The summed E-state index contributed by atoms with van der Waals surface area (Å²) in [5.74, 6) is 0. The number of rotatable bonds is 8. The van der Waals surface area contributed by atoms with Crippen LogP contribution in [0.25, 0.3) is 0 Å². The fourth-order valence-corrected chi connectivity index (χ4v) is 2.57. The molecular weight excluding hydrogens is 204 g/mol. The highest BCUT2D eigenvalue weighted by atomic mass is 28.4. The summed E-state index contributed by atoms with van der Waals surface area (Å²) in [6.45, 7) is 8.05. The molecule has 15 heavy (non-hydrogen) atoms. The molecule has 0 spiro atoms. The summed E-state index contributed by atoms with van der Waals surface area (Å²) in [5.41, 5.74) is 0. The summed E-state index contributed by atoms with van der Waals surface area (Å²) in [4.78, 5) is 4.63. The van der Waals surface area contributed by atoms with Crippen LogP contribution >= 0.6 is 0 Å². The molecule has 0 fully saturated rings. The average Bonchev–Trinajstić information content (AvgIpc) is 2.14. The zero-order valence-electron chi connectivity index (χ0n) is 11.3. The Kier molecular flexibility index (Phi) is 7.43. The van der Waals surface area contributed by atoms with E-state index in [0.29, 0.717) is 0 Å². The van der Waals surface area contributed by atoms with E-state index in [4.69, 9.17) is 4.43 Å². The van der Waals surface area contributed by atoms with Crippen LogP contribution in [0.2, 0.25) is 19.1 Å². The van der Waals surface area contributed by atoms with Gasteiger partial charge in [0.05, 0.1) is 0 Å². The van der Waals surface area contributed by atoms with Gasteiger partial charge in [0.1, 0.15) is 0 Å². The maximum absolute atomic E-state index is 5.53. The second-order valence-electron chi connectivity index (χ2n) is 5.17. The zero-order chi connectivity index (χ0) is 11.9. The third-order valence-corrected chi connectivity index (χ3v) is 5.46. The van der Waals surface area contributed by atoms with Crippen LogP contribution in [0.1, 0.15) is 6.42 Å². The van der Waals surface area contributed by atoms with Crippen LogP contribution < -0.4 is 0 Å². The van der Waals surface area contributed by atoms with Crippen molar-refractivity contribution in [1.82, 2.24) is 9.80 Å². The fourth-order valence-electron chi connectivity index (χ4n) is 1.36. The Labute approximate surface area is 96.5 Å². The highest BCUT2D eigenvalue weighted by molar-refractivity contribution is 6.71. The van der Waals surface area contributed by atoms with Gasteiger partial charge in [-0.2, -0.15) is 0 Å². The molecule has 0 radical (unpaired) electrons.